The molecule has 1 heterocycles. The number of benzene rings is 1. The summed E-state index contributed by atoms with van der Waals surface area (Å²) >= 11 is 0. The maximum absolute atomic E-state index is 13.0. The fourth-order valence-corrected chi connectivity index (χ4v) is 1.87. The van der Waals surface area contributed by atoms with Crippen molar-refractivity contribution in [1.29, 1.82) is 0 Å². The van der Waals surface area contributed by atoms with E-state index < -0.39 is 5.41 Å². The predicted molar refractivity (Wildman–Crippen MR) is 72.9 cm³/mol. The summed E-state index contributed by atoms with van der Waals surface area (Å²) in [5, 5.41) is 0. The largest absolute Gasteiger partial charge is 0.383 e. The highest BCUT2D eigenvalue weighted by molar-refractivity contribution is 5.40. The first kappa shape index (κ1) is 13.4. The number of aromatic nitrogens is 2. The minimum absolute atomic E-state index is 0.265. The molecule has 4 N–H and O–H groups in total. The van der Waals surface area contributed by atoms with Gasteiger partial charge >= 0.3 is 0 Å². The molecule has 0 saturated heterocycles. The summed E-state index contributed by atoms with van der Waals surface area (Å²) in [6.45, 7) is 4.25. The number of nitrogen functional groups attached to an aromatic ring is 1. The van der Waals surface area contributed by atoms with Crippen molar-refractivity contribution in [3.8, 4) is 0 Å². The van der Waals surface area contributed by atoms with Gasteiger partial charge in [0.05, 0.1) is 0 Å². The Morgan fingerprint density at radius 2 is 1.84 bits per heavy atom. The number of anilines is 1. The molecule has 2 aromatic rings. The molecular formula is C14H17FN4. The highest BCUT2D eigenvalue weighted by atomic mass is 19.1. The van der Waals surface area contributed by atoms with Crippen molar-refractivity contribution in [3.63, 3.8) is 0 Å². The van der Waals surface area contributed by atoms with Crippen molar-refractivity contribution in [2.45, 2.75) is 25.8 Å². The number of hydrogen-bond donors (Lipinski definition) is 2. The van der Waals surface area contributed by atoms with Crippen molar-refractivity contribution in [2.24, 2.45) is 5.73 Å². The summed E-state index contributed by atoms with van der Waals surface area (Å²) in [5.74, 6) is 0.718. The second-order valence-electron chi connectivity index (χ2n) is 4.94. The van der Waals surface area contributed by atoms with Crippen LogP contribution in [-0.2, 0) is 12.0 Å². The van der Waals surface area contributed by atoms with Gasteiger partial charge in [0.15, 0.2) is 0 Å². The van der Waals surface area contributed by atoms with Gasteiger partial charge in [0.2, 0.25) is 0 Å². The van der Waals surface area contributed by atoms with Crippen molar-refractivity contribution in [3.05, 3.63) is 53.2 Å². The zero-order chi connectivity index (χ0) is 14.0. The molecule has 1 aromatic heterocycles. The summed E-state index contributed by atoms with van der Waals surface area (Å²) < 4.78 is 13.0. The Bertz CT molecular complexity index is 578. The Morgan fingerprint density at radius 3 is 2.37 bits per heavy atom. The van der Waals surface area contributed by atoms with E-state index in [1.54, 1.807) is 18.3 Å². The Morgan fingerprint density at radius 1 is 1.21 bits per heavy atom. The number of halogens is 1. The minimum atomic E-state index is -0.449. The highest BCUT2D eigenvalue weighted by Crippen LogP contribution is 2.29. The van der Waals surface area contributed by atoms with Gasteiger partial charge < -0.3 is 11.5 Å². The predicted octanol–water partition coefficient (Wildman–Crippen LogP) is 1.98. The fourth-order valence-electron chi connectivity index (χ4n) is 1.87. The van der Waals surface area contributed by atoms with E-state index in [1.165, 1.54) is 12.1 Å². The van der Waals surface area contributed by atoms with Crippen LogP contribution in [-0.4, -0.2) is 9.97 Å². The maximum atomic E-state index is 13.0. The molecule has 0 aliphatic carbocycles. The number of nitrogens with zero attached hydrogens (tertiary/aromatic N) is 2. The second kappa shape index (κ2) is 4.93. The molecule has 19 heavy (non-hydrogen) atoms. The molecular weight excluding hydrogens is 243 g/mol. The zero-order valence-corrected chi connectivity index (χ0v) is 11.0. The van der Waals surface area contributed by atoms with Gasteiger partial charge in [0.25, 0.3) is 0 Å². The third-order valence-corrected chi connectivity index (χ3v) is 3.24. The van der Waals surface area contributed by atoms with Gasteiger partial charge in [-0.2, -0.15) is 0 Å². The molecule has 2 rings (SSSR count). The molecule has 0 aliphatic heterocycles. The highest BCUT2D eigenvalue weighted by Gasteiger charge is 2.26. The van der Waals surface area contributed by atoms with Crippen molar-refractivity contribution < 1.29 is 4.39 Å². The molecule has 4 nitrogen and oxygen atoms in total. The van der Waals surface area contributed by atoms with E-state index in [9.17, 15) is 4.39 Å². The molecule has 0 atom stereocenters. The first-order chi connectivity index (χ1) is 8.95. The van der Waals surface area contributed by atoms with Gasteiger partial charge in [-0.25, -0.2) is 14.4 Å². The topological polar surface area (TPSA) is 77.8 Å². The second-order valence-corrected chi connectivity index (χ2v) is 4.94. The van der Waals surface area contributed by atoms with Gasteiger partial charge in [-0.1, -0.05) is 12.1 Å². The molecule has 0 amide bonds. The van der Waals surface area contributed by atoms with Crippen LogP contribution >= 0.6 is 0 Å². The average molecular weight is 260 g/mol. The Kier molecular flexibility index (Phi) is 3.48. The van der Waals surface area contributed by atoms with Crippen LogP contribution in [0.5, 0.6) is 0 Å². The maximum Gasteiger partial charge on any atom is 0.140 e. The lowest BCUT2D eigenvalue weighted by atomic mass is 9.83. The van der Waals surface area contributed by atoms with Crippen LogP contribution in [0, 0.1) is 5.82 Å². The van der Waals surface area contributed by atoms with E-state index in [1.807, 2.05) is 13.8 Å². The summed E-state index contributed by atoms with van der Waals surface area (Å²) in [6.07, 6.45) is 1.64. The van der Waals surface area contributed by atoms with Crippen LogP contribution in [0.2, 0.25) is 0 Å². The molecule has 0 aliphatic rings. The molecule has 0 radical (unpaired) electrons. The van der Waals surface area contributed by atoms with Crippen molar-refractivity contribution in [2.75, 3.05) is 5.73 Å². The van der Waals surface area contributed by atoms with Gasteiger partial charge in [0.1, 0.15) is 17.5 Å². The first-order valence-electron chi connectivity index (χ1n) is 6.03. The average Bonchev–Trinajstić information content (AvgIpc) is 2.39. The molecule has 0 fully saturated rings. The minimum Gasteiger partial charge on any atom is -0.383 e. The molecule has 0 bridgehead atoms. The van der Waals surface area contributed by atoms with Crippen LogP contribution in [0.3, 0.4) is 0 Å². The zero-order valence-electron chi connectivity index (χ0n) is 11.0. The third-order valence-electron chi connectivity index (χ3n) is 3.24. The lowest BCUT2D eigenvalue weighted by molar-refractivity contribution is 0.583. The Labute approximate surface area is 111 Å². The van der Waals surface area contributed by atoms with E-state index in [0.29, 0.717) is 18.2 Å². The van der Waals surface area contributed by atoms with Gasteiger partial charge in [0, 0.05) is 23.7 Å². The van der Waals surface area contributed by atoms with Crippen LogP contribution in [0.15, 0.2) is 30.5 Å². The Hall–Kier alpha value is -2.01. The quantitative estimate of drug-likeness (QED) is 0.884. The molecule has 0 unspecified atom stereocenters. The summed E-state index contributed by atoms with van der Waals surface area (Å²) in [6, 6.07) is 6.31. The van der Waals surface area contributed by atoms with E-state index in [4.69, 9.17) is 11.5 Å². The standard InChI is InChI=1S/C14H17FN4/c1-14(2,10-3-5-11(15)6-4-10)13-18-8-9(7-16)12(17)19-13/h3-6,8H,7,16H2,1-2H3,(H2,17,18,19). The first-order valence-corrected chi connectivity index (χ1v) is 6.03. The van der Waals surface area contributed by atoms with Crippen molar-refractivity contribution in [1.82, 2.24) is 9.97 Å². The summed E-state index contributed by atoms with van der Waals surface area (Å²) in [7, 11) is 0. The van der Waals surface area contributed by atoms with Crippen LogP contribution in [0.25, 0.3) is 0 Å². The summed E-state index contributed by atoms with van der Waals surface area (Å²) in [5.41, 5.74) is 12.6. The Balaban J connectivity index is 2.43. The smallest absolute Gasteiger partial charge is 0.140 e. The molecule has 5 heteroatoms. The van der Waals surface area contributed by atoms with Gasteiger partial charge in [-0.05, 0) is 31.5 Å². The van der Waals surface area contributed by atoms with Gasteiger partial charge in [-0.3, -0.25) is 0 Å². The van der Waals surface area contributed by atoms with E-state index >= 15 is 0 Å². The van der Waals surface area contributed by atoms with Crippen LogP contribution < -0.4 is 11.5 Å². The van der Waals surface area contributed by atoms with E-state index in [0.717, 1.165) is 11.1 Å². The number of hydrogen-bond acceptors (Lipinski definition) is 4. The van der Waals surface area contributed by atoms with Crippen LogP contribution in [0.1, 0.15) is 30.8 Å². The fraction of sp³-hybridized carbons (Fsp3) is 0.286. The molecule has 0 saturated carbocycles. The van der Waals surface area contributed by atoms with Gasteiger partial charge in [-0.15, -0.1) is 0 Å². The lowest BCUT2D eigenvalue weighted by Crippen LogP contribution is -2.23. The van der Waals surface area contributed by atoms with Crippen LogP contribution in [0.4, 0.5) is 10.2 Å². The number of rotatable bonds is 3. The van der Waals surface area contributed by atoms with Crippen molar-refractivity contribution >= 4 is 5.82 Å². The third kappa shape index (κ3) is 2.56. The molecule has 0 spiro atoms. The number of nitrogens with two attached hydrogens (primary N) is 2. The molecule has 100 valence electrons. The van der Waals surface area contributed by atoms with E-state index in [2.05, 4.69) is 9.97 Å². The SMILES string of the molecule is CC(C)(c1ccc(F)cc1)c1ncc(CN)c(N)n1. The summed E-state index contributed by atoms with van der Waals surface area (Å²) in [4.78, 5) is 8.62. The normalized spacial score (nSPS) is 11.6. The molecule has 1 aromatic carbocycles. The lowest BCUT2D eigenvalue weighted by Gasteiger charge is -2.24. The van der Waals surface area contributed by atoms with E-state index in [-0.39, 0.29) is 5.82 Å². The monoisotopic (exact) mass is 260 g/mol.